The molecule has 1 atom stereocenters. The summed E-state index contributed by atoms with van der Waals surface area (Å²) in [6, 6.07) is 9.37. The Kier molecular flexibility index (Phi) is 12.5. The highest BCUT2D eigenvalue weighted by molar-refractivity contribution is 6.25. The molecular formula is C44H49F2N12O7+. The topological polar surface area (TPSA) is 225 Å². The lowest BCUT2D eigenvalue weighted by molar-refractivity contribution is -0.600. The van der Waals surface area contributed by atoms with Crippen molar-refractivity contribution in [3.05, 3.63) is 89.1 Å². The molecule has 1 aromatic carbocycles. The van der Waals surface area contributed by atoms with Crippen molar-refractivity contribution in [3.8, 4) is 11.6 Å². The number of nitrogens with one attached hydrogen (secondary N) is 3. The molecule has 0 radical (unpaired) electrons. The lowest BCUT2D eigenvalue weighted by Gasteiger charge is -2.29. The average Bonchev–Trinajstić information content (AvgIpc) is 4.00. The summed E-state index contributed by atoms with van der Waals surface area (Å²) in [5.41, 5.74) is 7.76. The smallest absolute Gasteiger partial charge is 0.363 e. The first-order valence-electron chi connectivity index (χ1n) is 21.8. The first-order valence-corrected chi connectivity index (χ1v) is 21.8. The highest BCUT2D eigenvalue weighted by atomic mass is 19.3. The Morgan fingerprint density at radius 2 is 1.83 bits per heavy atom. The first kappa shape index (κ1) is 43.4. The van der Waals surface area contributed by atoms with Crippen LogP contribution in [0.5, 0.6) is 5.88 Å². The van der Waals surface area contributed by atoms with E-state index in [1.165, 1.54) is 10.9 Å². The summed E-state index contributed by atoms with van der Waals surface area (Å²) >= 11 is 0. The monoisotopic (exact) mass is 895 g/mol. The van der Waals surface area contributed by atoms with Crippen LogP contribution in [0.2, 0.25) is 0 Å². The molecule has 2 saturated heterocycles. The summed E-state index contributed by atoms with van der Waals surface area (Å²) in [7, 11) is 0. The number of alkyl halides is 2. The van der Waals surface area contributed by atoms with Crippen LogP contribution in [-0.4, -0.2) is 111 Å². The standard InChI is InChI=1S/C44H48F2N12O7/c45-39(46)38-33(57-24-30(40(47)60)41-51-34(13-15-56(41)57)54-16-19-64-20-17-54)25-55(53-38)28-8-5-26(6-9-28)21-48-22-27-7-12-36(50-23-27)65-18-2-14-49-31-4-1-3-29-37(31)44(63)58(43(29)62)32-10-11-35(59)52-42(32)61/h1,3-4,7,12-13,15,23-26,28,32,39,48H,2,5-6,8-11,14,16-22H2,(H3-,47,49,52,59,60,61,63)/p+1. The Hall–Kier alpha value is -6.87. The highest BCUT2D eigenvalue weighted by Crippen LogP contribution is 2.35. The van der Waals surface area contributed by atoms with Gasteiger partial charge >= 0.3 is 5.65 Å². The number of carbonyl (C=O) groups excluding carboxylic acids is 5. The number of nitrogens with zero attached hydrogens (tertiary/aromatic N) is 8. The second-order valence-electron chi connectivity index (χ2n) is 16.6. The highest BCUT2D eigenvalue weighted by Gasteiger charge is 2.45. The first-order chi connectivity index (χ1) is 31.5. The summed E-state index contributed by atoms with van der Waals surface area (Å²) in [5.74, 6) is -1.42. The number of ether oxygens (including phenoxy) is 2. The fourth-order valence-electron chi connectivity index (χ4n) is 9.02. The van der Waals surface area contributed by atoms with Crippen molar-refractivity contribution in [2.75, 3.05) is 56.2 Å². The summed E-state index contributed by atoms with van der Waals surface area (Å²) in [6.45, 7) is 4.56. The second-order valence-corrected chi connectivity index (χ2v) is 16.6. The van der Waals surface area contributed by atoms with E-state index in [0.29, 0.717) is 75.7 Å². The minimum Gasteiger partial charge on any atom is -0.478 e. The van der Waals surface area contributed by atoms with Gasteiger partial charge in [-0.3, -0.25) is 38.9 Å². The number of morpholine rings is 1. The van der Waals surface area contributed by atoms with Gasteiger partial charge in [0.05, 0.1) is 49.4 Å². The van der Waals surface area contributed by atoms with Gasteiger partial charge in [-0.1, -0.05) is 12.1 Å². The zero-order valence-corrected chi connectivity index (χ0v) is 35.5. The van der Waals surface area contributed by atoms with Gasteiger partial charge in [-0.05, 0) is 73.7 Å². The largest absolute Gasteiger partial charge is 0.478 e. The molecular weight excluding hydrogens is 847 g/mol. The molecule has 5 aromatic rings. The number of fused-ring (bicyclic) bond motifs is 2. The molecule has 5 amide bonds. The van der Waals surface area contributed by atoms with E-state index in [4.69, 9.17) is 20.2 Å². The van der Waals surface area contributed by atoms with Crippen LogP contribution < -0.4 is 35.8 Å². The number of rotatable bonds is 16. The molecule has 3 aliphatic heterocycles. The van der Waals surface area contributed by atoms with Crippen LogP contribution in [0.15, 0.2) is 61.2 Å². The Morgan fingerprint density at radius 1 is 1.02 bits per heavy atom. The number of aromatic nitrogens is 6. The van der Waals surface area contributed by atoms with Crippen molar-refractivity contribution in [2.45, 2.75) is 70.0 Å². The molecule has 19 nitrogen and oxygen atoms in total. The number of nitrogens with two attached hydrogens (primary N) is 1. The van der Waals surface area contributed by atoms with E-state index in [1.807, 2.05) is 17.0 Å². The minimum atomic E-state index is -2.85. The molecule has 5 N–H and O–H groups in total. The molecule has 3 fully saturated rings. The van der Waals surface area contributed by atoms with Crippen molar-refractivity contribution in [1.82, 2.24) is 40.0 Å². The van der Waals surface area contributed by atoms with Gasteiger partial charge in [-0.15, -0.1) is 4.52 Å². The van der Waals surface area contributed by atoms with Crippen LogP contribution in [0.3, 0.4) is 0 Å². The lowest BCUT2D eigenvalue weighted by atomic mass is 9.86. The Labute approximate surface area is 371 Å². The number of imide groups is 2. The average molecular weight is 896 g/mol. The van der Waals surface area contributed by atoms with Gasteiger partial charge < -0.3 is 30.7 Å². The fraction of sp³-hybridized carbons (Fsp3) is 0.432. The number of primary amides is 1. The number of halogens is 2. The van der Waals surface area contributed by atoms with Gasteiger partial charge in [0.1, 0.15) is 17.9 Å². The van der Waals surface area contributed by atoms with Gasteiger partial charge in [0.2, 0.25) is 23.5 Å². The molecule has 7 heterocycles. The van der Waals surface area contributed by atoms with Crippen molar-refractivity contribution < 1.29 is 46.7 Å². The van der Waals surface area contributed by atoms with E-state index >= 15 is 0 Å². The molecule has 4 aliphatic rings. The zero-order valence-electron chi connectivity index (χ0n) is 35.5. The molecule has 1 saturated carbocycles. The van der Waals surface area contributed by atoms with Crippen LogP contribution in [-0.2, 0) is 20.9 Å². The molecule has 1 aliphatic carbocycles. The molecule has 9 rings (SSSR count). The number of carbonyl (C=O) groups is 5. The quantitative estimate of drug-likeness (QED) is 0.0636. The zero-order chi connectivity index (χ0) is 45.2. The van der Waals surface area contributed by atoms with Crippen LogP contribution in [0.4, 0.5) is 20.3 Å². The lowest BCUT2D eigenvalue weighted by Crippen LogP contribution is -2.54. The van der Waals surface area contributed by atoms with Gasteiger partial charge in [-0.2, -0.15) is 9.78 Å². The number of anilines is 2. The van der Waals surface area contributed by atoms with Gasteiger partial charge in [0.25, 0.3) is 24.1 Å². The van der Waals surface area contributed by atoms with E-state index in [1.54, 1.807) is 52.1 Å². The molecule has 0 bridgehead atoms. The predicted molar refractivity (Wildman–Crippen MR) is 228 cm³/mol. The van der Waals surface area contributed by atoms with Crippen LogP contribution in [0, 0.1) is 5.92 Å². The molecule has 0 spiro atoms. The fourth-order valence-corrected chi connectivity index (χ4v) is 9.02. The van der Waals surface area contributed by atoms with Crippen LogP contribution in [0.1, 0.15) is 99.7 Å². The summed E-state index contributed by atoms with van der Waals surface area (Å²) in [6.07, 6.45) is 7.69. The molecule has 21 heteroatoms. The van der Waals surface area contributed by atoms with Crippen molar-refractivity contribution in [1.29, 1.82) is 0 Å². The SMILES string of the molecule is NC(=O)c1cn(-c2cn(C3CCC(CNCc4ccc(OCCCNc5cccc6c5C(=O)N(C5CCC(=O)NC5=O)C6=O)nc4)CC3)nc2C(F)F)[n+]2ccc(N3CCOCC3)nc12. The maximum absolute atomic E-state index is 14.5. The van der Waals surface area contributed by atoms with E-state index in [0.717, 1.165) is 42.7 Å². The third kappa shape index (κ3) is 8.97. The van der Waals surface area contributed by atoms with Crippen molar-refractivity contribution >= 4 is 46.7 Å². The third-order valence-corrected chi connectivity index (χ3v) is 12.4. The molecule has 1 unspecified atom stereocenters. The van der Waals surface area contributed by atoms with E-state index < -0.39 is 42.0 Å². The van der Waals surface area contributed by atoms with Crippen LogP contribution >= 0.6 is 0 Å². The number of benzene rings is 1. The second kappa shape index (κ2) is 18.7. The maximum Gasteiger partial charge on any atom is 0.363 e. The summed E-state index contributed by atoms with van der Waals surface area (Å²) in [4.78, 5) is 75.1. The Morgan fingerprint density at radius 3 is 2.57 bits per heavy atom. The van der Waals surface area contributed by atoms with E-state index in [9.17, 15) is 32.8 Å². The van der Waals surface area contributed by atoms with Gasteiger partial charge in [0, 0.05) is 56.6 Å². The van der Waals surface area contributed by atoms with Crippen LogP contribution in [0.25, 0.3) is 11.3 Å². The number of hydrogen-bond acceptors (Lipinski definition) is 13. The third-order valence-electron chi connectivity index (χ3n) is 12.4. The Bertz CT molecular complexity index is 2620. The van der Waals surface area contributed by atoms with Crippen molar-refractivity contribution in [3.63, 3.8) is 0 Å². The number of piperidine rings is 1. The number of pyridine rings is 1. The number of amides is 5. The number of hydrogen-bond donors (Lipinski definition) is 4. The van der Waals surface area contributed by atoms with Crippen molar-refractivity contribution in [2.24, 2.45) is 11.7 Å². The van der Waals surface area contributed by atoms with Gasteiger partial charge in [0.15, 0.2) is 11.3 Å². The normalized spacial score (nSPS) is 20.1. The van der Waals surface area contributed by atoms with E-state index in [-0.39, 0.29) is 52.6 Å². The predicted octanol–water partition coefficient (Wildman–Crippen LogP) is 2.88. The Balaban J connectivity index is 0.727. The maximum atomic E-state index is 14.5. The molecule has 340 valence electrons. The summed E-state index contributed by atoms with van der Waals surface area (Å²) in [5, 5.41) is 13.3. The molecule has 4 aromatic heterocycles. The molecule has 65 heavy (non-hydrogen) atoms. The summed E-state index contributed by atoms with van der Waals surface area (Å²) < 4.78 is 45.0. The minimum absolute atomic E-state index is 0.0505. The van der Waals surface area contributed by atoms with E-state index in [2.05, 4.69) is 26.0 Å². The van der Waals surface area contributed by atoms with Gasteiger partial charge in [-0.25, -0.2) is 13.8 Å².